The van der Waals surface area contributed by atoms with Gasteiger partial charge in [0.05, 0.1) is 5.69 Å². The van der Waals surface area contributed by atoms with Crippen molar-refractivity contribution in [1.82, 2.24) is 20.6 Å². The molecule has 3 aromatic carbocycles. The Balaban J connectivity index is 1.62. The summed E-state index contributed by atoms with van der Waals surface area (Å²) in [5.74, 6) is 0.286. The van der Waals surface area contributed by atoms with Crippen LogP contribution in [-0.4, -0.2) is 21.5 Å². The number of carbonyl (C=O) groups is 1. The molecule has 1 aliphatic heterocycles. The first-order valence-corrected chi connectivity index (χ1v) is 9.90. The topological polar surface area (TPSA) is 71.3 Å². The Morgan fingerprint density at radius 2 is 1.35 bits per heavy atom. The van der Waals surface area contributed by atoms with Crippen LogP contribution in [0.15, 0.2) is 108 Å². The lowest BCUT2D eigenvalue weighted by Crippen LogP contribution is -2.46. The molecule has 1 aliphatic rings. The number of hydrogen-bond donors (Lipinski definition) is 2. The molecule has 1 amide bonds. The van der Waals surface area contributed by atoms with Crippen LogP contribution < -0.4 is 10.9 Å². The maximum atomic E-state index is 12.5. The third-order valence-corrected chi connectivity index (χ3v) is 4.91. The maximum absolute atomic E-state index is 12.5. The van der Waals surface area contributed by atoms with Crippen molar-refractivity contribution in [2.24, 2.45) is 4.99 Å². The Bertz CT molecular complexity index is 1280. The minimum absolute atomic E-state index is 0.300. The number of hydrazine groups is 1. The fourth-order valence-electron chi connectivity index (χ4n) is 3.38. The van der Waals surface area contributed by atoms with Gasteiger partial charge in [0.2, 0.25) is 0 Å². The van der Waals surface area contributed by atoms with Crippen molar-refractivity contribution in [3.05, 3.63) is 114 Å². The van der Waals surface area contributed by atoms with E-state index >= 15 is 0 Å². The summed E-state index contributed by atoms with van der Waals surface area (Å²) < 4.78 is 1.82. The summed E-state index contributed by atoms with van der Waals surface area (Å²) in [7, 11) is 0. The number of nitrogens with one attached hydrogen (secondary N) is 2. The van der Waals surface area contributed by atoms with Crippen molar-refractivity contribution in [2.45, 2.75) is 0 Å². The van der Waals surface area contributed by atoms with Gasteiger partial charge < -0.3 is 0 Å². The van der Waals surface area contributed by atoms with E-state index in [1.165, 1.54) is 0 Å². The van der Waals surface area contributed by atoms with Crippen LogP contribution in [-0.2, 0) is 4.79 Å². The van der Waals surface area contributed by atoms with Gasteiger partial charge in [0, 0.05) is 22.9 Å². The van der Waals surface area contributed by atoms with Crippen LogP contribution in [0.1, 0.15) is 11.1 Å². The largest absolute Gasteiger partial charge is 0.288 e. The summed E-state index contributed by atoms with van der Waals surface area (Å²) in [6, 6.07) is 29.4. The summed E-state index contributed by atoms with van der Waals surface area (Å²) in [6.07, 6.45) is 3.69. The zero-order valence-electron chi connectivity index (χ0n) is 16.6. The fraction of sp³-hybridized carbons (Fsp3) is 0. The van der Waals surface area contributed by atoms with Gasteiger partial charge in [0.15, 0.2) is 5.84 Å². The van der Waals surface area contributed by atoms with E-state index in [0.29, 0.717) is 11.5 Å². The van der Waals surface area contributed by atoms with Crippen LogP contribution in [0.2, 0.25) is 0 Å². The second-order valence-electron chi connectivity index (χ2n) is 7.01. The molecule has 0 saturated heterocycles. The van der Waals surface area contributed by atoms with Gasteiger partial charge in [-0.15, -0.1) is 0 Å². The Kier molecular flexibility index (Phi) is 4.86. The second-order valence-corrected chi connectivity index (χ2v) is 7.01. The molecular formula is C25H19N5O. The van der Waals surface area contributed by atoms with Gasteiger partial charge in [-0.2, -0.15) is 5.10 Å². The van der Waals surface area contributed by atoms with Crippen molar-refractivity contribution >= 4 is 17.8 Å². The number of benzene rings is 3. The molecule has 0 spiro atoms. The van der Waals surface area contributed by atoms with Crippen LogP contribution in [0.3, 0.4) is 0 Å². The zero-order chi connectivity index (χ0) is 21.0. The van der Waals surface area contributed by atoms with Crippen molar-refractivity contribution in [1.29, 1.82) is 0 Å². The molecule has 0 saturated carbocycles. The van der Waals surface area contributed by atoms with Gasteiger partial charge in [0.25, 0.3) is 5.91 Å². The molecule has 2 heterocycles. The molecule has 2 N–H and O–H groups in total. The monoisotopic (exact) mass is 405 g/mol. The lowest BCUT2D eigenvalue weighted by molar-refractivity contribution is -0.118. The first-order valence-electron chi connectivity index (χ1n) is 9.90. The van der Waals surface area contributed by atoms with Gasteiger partial charge in [-0.3, -0.25) is 15.6 Å². The Hall–Kier alpha value is -4.45. The van der Waals surface area contributed by atoms with Gasteiger partial charge in [0.1, 0.15) is 11.4 Å². The Labute approximate surface area is 179 Å². The Morgan fingerprint density at radius 3 is 2.03 bits per heavy atom. The number of hydrogen-bond acceptors (Lipinski definition) is 4. The van der Waals surface area contributed by atoms with Gasteiger partial charge in [-0.1, -0.05) is 78.9 Å². The number of aromatic nitrogens is 2. The third-order valence-electron chi connectivity index (χ3n) is 4.91. The minimum Gasteiger partial charge on any atom is -0.281 e. The van der Waals surface area contributed by atoms with Crippen LogP contribution in [0.4, 0.5) is 0 Å². The number of rotatable bonds is 4. The quantitative estimate of drug-likeness (QED) is 0.505. The van der Waals surface area contributed by atoms with E-state index in [4.69, 9.17) is 5.10 Å². The van der Waals surface area contributed by atoms with Crippen LogP contribution >= 0.6 is 0 Å². The van der Waals surface area contributed by atoms with Gasteiger partial charge in [-0.05, 0) is 18.2 Å². The molecule has 0 aliphatic carbocycles. The van der Waals surface area contributed by atoms with Crippen molar-refractivity contribution in [3.63, 3.8) is 0 Å². The molecule has 0 atom stereocenters. The van der Waals surface area contributed by atoms with Crippen LogP contribution in [0, 0.1) is 0 Å². The van der Waals surface area contributed by atoms with Gasteiger partial charge in [-0.25, -0.2) is 9.67 Å². The molecule has 0 fully saturated rings. The summed E-state index contributed by atoms with van der Waals surface area (Å²) in [4.78, 5) is 17.1. The third kappa shape index (κ3) is 3.86. The number of nitrogens with zero attached hydrogens (tertiary/aromatic N) is 3. The second kappa shape index (κ2) is 8.12. The zero-order valence-corrected chi connectivity index (χ0v) is 16.6. The van der Waals surface area contributed by atoms with Crippen molar-refractivity contribution in [2.75, 3.05) is 0 Å². The predicted octanol–water partition coefficient (Wildman–Crippen LogP) is 3.96. The maximum Gasteiger partial charge on any atom is 0.288 e. The molecule has 5 rings (SSSR count). The van der Waals surface area contributed by atoms with Crippen LogP contribution in [0.25, 0.3) is 23.0 Å². The van der Waals surface area contributed by atoms with E-state index in [-0.39, 0.29) is 5.91 Å². The van der Waals surface area contributed by atoms with Crippen LogP contribution in [0.5, 0.6) is 0 Å². The molecule has 150 valence electrons. The number of carbonyl (C=O) groups excluding carboxylic acids is 1. The van der Waals surface area contributed by atoms with E-state index in [0.717, 1.165) is 28.1 Å². The molecule has 0 unspecified atom stereocenters. The van der Waals surface area contributed by atoms with E-state index in [1.807, 2.05) is 102 Å². The fourth-order valence-corrected chi connectivity index (χ4v) is 3.38. The first kappa shape index (κ1) is 18.6. The number of amides is 1. The van der Waals surface area contributed by atoms with E-state index in [1.54, 1.807) is 6.08 Å². The molecule has 0 radical (unpaired) electrons. The molecule has 4 aromatic rings. The molecule has 1 aromatic heterocycles. The standard InChI is InChI=1S/C25H19N5O/c31-25-22(26-24(27-28-25)19-12-6-2-7-13-19)16-20-17-30(21-14-8-3-9-15-21)29-23(20)18-10-4-1-5-11-18/h1-17H,(H,26,27)(H,28,31). The van der Waals surface area contributed by atoms with Crippen molar-refractivity contribution < 1.29 is 4.79 Å². The smallest absolute Gasteiger partial charge is 0.281 e. The average Bonchev–Trinajstić information content (AvgIpc) is 3.26. The van der Waals surface area contributed by atoms with E-state index in [2.05, 4.69) is 15.8 Å². The molecule has 31 heavy (non-hydrogen) atoms. The summed E-state index contributed by atoms with van der Waals surface area (Å²) in [6.45, 7) is 0. The number of aliphatic imine (C=N–C) groups is 1. The lowest BCUT2D eigenvalue weighted by Gasteiger charge is -2.17. The minimum atomic E-state index is -0.300. The highest BCUT2D eigenvalue weighted by atomic mass is 16.2. The van der Waals surface area contributed by atoms with E-state index in [9.17, 15) is 4.79 Å². The number of amidine groups is 1. The highest BCUT2D eigenvalue weighted by molar-refractivity contribution is 6.09. The molecule has 6 heteroatoms. The summed E-state index contributed by atoms with van der Waals surface area (Å²) in [5.41, 5.74) is 10.2. The molecular weight excluding hydrogens is 386 g/mol. The average molecular weight is 405 g/mol. The molecule has 6 nitrogen and oxygen atoms in total. The predicted molar refractivity (Wildman–Crippen MR) is 121 cm³/mol. The molecule has 0 bridgehead atoms. The normalized spacial score (nSPS) is 14.6. The SMILES string of the molecule is O=C1NNC(c2ccccc2)=NC1=Cc1cn(-c2ccccc2)nc1-c1ccccc1. The first-order chi connectivity index (χ1) is 15.3. The highest BCUT2D eigenvalue weighted by Crippen LogP contribution is 2.26. The van der Waals surface area contributed by atoms with E-state index < -0.39 is 0 Å². The lowest BCUT2D eigenvalue weighted by atomic mass is 10.1. The van der Waals surface area contributed by atoms with Gasteiger partial charge >= 0.3 is 0 Å². The highest BCUT2D eigenvalue weighted by Gasteiger charge is 2.19. The summed E-state index contributed by atoms with van der Waals surface area (Å²) >= 11 is 0. The van der Waals surface area contributed by atoms with Crippen molar-refractivity contribution in [3.8, 4) is 16.9 Å². The Morgan fingerprint density at radius 1 is 0.742 bits per heavy atom. The number of para-hydroxylation sites is 1. The summed E-state index contributed by atoms with van der Waals surface area (Å²) in [5, 5.41) is 4.79.